The molecular weight excluding hydrogens is 216 g/mol. The topological polar surface area (TPSA) is 128 Å². The van der Waals surface area contributed by atoms with Crippen molar-refractivity contribution in [3.05, 3.63) is 10.4 Å². The molecule has 0 aliphatic carbocycles. The van der Waals surface area contributed by atoms with Crippen molar-refractivity contribution < 1.29 is 19.7 Å². The molecule has 1 fully saturated rings. The molecule has 3 N–H and O–H groups in total. The summed E-state index contributed by atoms with van der Waals surface area (Å²) in [5.41, 5.74) is 8.12. The average molecular weight is 230 g/mol. The van der Waals surface area contributed by atoms with Crippen LogP contribution in [0.4, 0.5) is 0 Å². The monoisotopic (exact) mass is 230 g/mol. The number of nitrogens with one attached hydrogen (secondary N) is 1. The highest BCUT2D eigenvalue weighted by molar-refractivity contribution is 5.73. The van der Waals surface area contributed by atoms with E-state index in [-0.39, 0.29) is 18.9 Å². The van der Waals surface area contributed by atoms with Crippen molar-refractivity contribution in [2.45, 2.75) is 37.9 Å². The summed E-state index contributed by atoms with van der Waals surface area (Å²) in [5.74, 6) is -0.361. The van der Waals surface area contributed by atoms with Crippen LogP contribution in [0, 0.1) is 0 Å². The van der Waals surface area contributed by atoms with Gasteiger partial charge in [-0.05, 0) is 5.53 Å². The lowest BCUT2D eigenvalue weighted by atomic mass is 10.00. The third-order valence-corrected chi connectivity index (χ3v) is 2.28. The molecule has 90 valence electrons. The van der Waals surface area contributed by atoms with E-state index < -0.39 is 24.5 Å². The third-order valence-electron chi connectivity index (χ3n) is 2.28. The first kappa shape index (κ1) is 12.7. The number of carbonyl (C=O) groups is 1. The maximum absolute atomic E-state index is 10.8. The van der Waals surface area contributed by atoms with Crippen LogP contribution >= 0.6 is 0 Å². The van der Waals surface area contributed by atoms with Gasteiger partial charge in [-0.15, -0.1) is 0 Å². The van der Waals surface area contributed by atoms with E-state index in [1.807, 2.05) is 0 Å². The standard InChI is InChI=1S/C8H14N4O4/c1-4(13)11-7-6(14)2-5(3-10-12-9)16-8(7)15/h5-8,14-15H,2-3H2,1H3,(H,11,13). The highest BCUT2D eigenvalue weighted by atomic mass is 16.6. The van der Waals surface area contributed by atoms with Gasteiger partial charge >= 0.3 is 0 Å². The Morgan fingerprint density at radius 3 is 2.88 bits per heavy atom. The lowest BCUT2D eigenvalue weighted by molar-refractivity contribution is -0.204. The summed E-state index contributed by atoms with van der Waals surface area (Å²) in [6.07, 6.45) is -2.56. The zero-order chi connectivity index (χ0) is 12.1. The van der Waals surface area contributed by atoms with Gasteiger partial charge in [0.1, 0.15) is 6.04 Å². The van der Waals surface area contributed by atoms with E-state index in [1.54, 1.807) is 0 Å². The molecule has 0 bridgehead atoms. The van der Waals surface area contributed by atoms with Gasteiger partial charge < -0.3 is 20.3 Å². The molecule has 1 heterocycles. The van der Waals surface area contributed by atoms with Crippen molar-refractivity contribution in [2.75, 3.05) is 6.54 Å². The van der Waals surface area contributed by atoms with E-state index in [0.717, 1.165) is 0 Å². The molecule has 1 rings (SSSR count). The molecule has 8 heteroatoms. The molecule has 4 atom stereocenters. The Morgan fingerprint density at radius 1 is 1.69 bits per heavy atom. The number of carbonyl (C=O) groups excluding carboxylic acids is 1. The van der Waals surface area contributed by atoms with E-state index in [4.69, 9.17) is 10.3 Å². The number of aliphatic hydroxyl groups excluding tert-OH is 2. The van der Waals surface area contributed by atoms with Gasteiger partial charge in [0.2, 0.25) is 5.91 Å². The molecule has 0 saturated carbocycles. The molecule has 1 aliphatic heterocycles. The second-order valence-electron chi connectivity index (χ2n) is 3.59. The number of hydrogen-bond acceptors (Lipinski definition) is 5. The second kappa shape index (κ2) is 5.66. The largest absolute Gasteiger partial charge is 0.391 e. The Bertz CT molecular complexity index is 292. The molecule has 0 radical (unpaired) electrons. The normalized spacial score (nSPS) is 33.9. The van der Waals surface area contributed by atoms with Crippen LogP contribution in [-0.4, -0.2) is 47.2 Å². The minimum absolute atomic E-state index is 0.0391. The predicted molar refractivity (Wildman–Crippen MR) is 53.1 cm³/mol. The number of rotatable bonds is 3. The first-order valence-electron chi connectivity index (χ1n) is 4.84. The van der Waals surface area contributed by atoms with Crippen LogP contribution in [0.25, 0.3) is 10.4 Å². The predicted octanol–water partition coefficient (Wildman–Crippen LogP) is -0.730. The molecule has 4 unspecified atom stereocenters. The van der Waals surface area contributed by atoms with Crippen molar-refractivity contribution in [1.82, 2.24) is 5.32 Å². The fraction of sp³-hybridized carbons (Fsp3) is 0.875. The molecule has 1 aliphatic rings. The summed E-state index contributed by atoms with van der Waals surface area (Å²) in [6.45, 7) is 1.32. The molecular formula is C8H14N4O4. The van der Waals surface area contributed by atoms with Crippen LogP contribution in [-0.2, 0) is 9.53 Å². The zero-order valence-electron chi connectivity index (χ0n) is 8.78. The van der Waals surface area contributed by atoms with Crippen LogP contribution in [0.2, 0.25) is 0 Å². The number of azide groups is 1. The highest BCUT2D eigenvalue weighted by Gasteiger charge is 2.36. The van der Waals surface area contributed by atoms with Gasteiger partial charge in [0.05, 0.1) is 18.8 Å². The number of nitrogens with zero attached hydrogens (tertiary/aromatic N) is 3. The number of amides is 1. The summed E-state index contributed by atoms with van der Waals surface area (Å²) in [7, 11) is 0. The quantitative estimate of drug-likeness (QED) is 0.335. The molecule has 0 aromatic heterocycles. The van der Waals surface area contributed by atoms with Crippen LogP contribution in [0.3, 0.4) is 0 Å². The van der Waals surface area contributed by atoms with Gasteiger partial charge in [0.25, 0.3) is 0 Å². The molecule has 0 spiro atoms. The van der Waals surface area contributed by atoms with Gasteiger partial charge in [0, 0.05) is 18.3 Å². The molecule has 0 aromatic carbocycles. The first-order chi connectivity index (χ1) is 7.54. The van der Waals surface area contributed by atoms with E-state index in [2.05, 4.69) is 15.3 Å². The van der Waals surface area contributed by atoms with E-state index in [1.165, 1.54) is 6.92 Å². The lowest BCUT2D eigenvalue weighted by Crippen LogP contribution is -2.57. The SMILES string of the molecule is CC(=O)NC1C(O)CC(CN=[N+]=[N-])OC1O. The van der Waals surface area contributed by atoms with E-state index in [0.29, 0.717) is 0 Å². The highest BCUT2D eigenvalue weighted by Crippen LogP contribution is 2.19. The van der Waals surface area contributed by atoms with Crippen LogP contribution in [0.1, 0.15) is 13.3 Å². The van der Waals surface area contributed by atoms with E-state index in [9.17, 15) is 15.0 Å². The number of ether oxygens (including phenoxy) is 1. The molecule has 16 heavy (non-hydrogen) atoms. The van der Waals surface area contributed by atoms with Crippen LogP contribution < -0.4 is 5.32 Å². The van der Waals surface area contributed by atoms with Gasteiger partial charge in [-0.2, -0.15) is 0 Å². The van der Waals surface area contributed by atoms with Crippen molar-refractivity contribution in [1.29, 1.82) is 0 Å². The fourth-order valence-corrected chi connectivity index (χ4v) is 1.59. The van der Waals surface area contributed by atoms with E-state index >= 15 is 0 Å². The maximum Gasteiger partial charge on any atom is 0.217 e. The van der Waals surface area contributed by atoms with Crippen molar-refractivity contribution in [3.63, 3.8) is 0 Å². The molecule has 1 saturated heterocycles. The Morgan fingerprint density at radius 2 is 2.38 bits per heavy atom. The Hall–Kier alpha value is -1.34. The van der Waals surface area contributed by atoms with Crippen LogP contribution in [0.5, 0.6) is 0 Å². The minimum atomic E-state index is -1.30. The molecule has 8 nitrogen and oxygen atoms in total. The lowest BCUT2D eigenvalue weighted by Gasteiger charge is -2.36. The summed E-state index contributed by atoms with van der Waals surface area (Å²) >= 11 is 0. The van der Waals surface area contributed by atoms with Gasteiger partial charge in [0.15, 0.2) is 6.29 Å². The molecule has 0 aromatic rings. The Labute approximate surface area is 91.8 Å². The van der Waals surface area contributed by atoms with Crippen molar-refractivity contribution >= 4 is 5.91 Å². The maximum atomic E-state index is 10.8. The summed E-state index contributed by atoms with van der Waals surface area (Å²) in [5, 5.41) is 24.9. The zero-order valence-corrected chi connectivity index (χ0v) is 8.78. The Kier molecular flexibility index (Phi) is 4.51. The van der Waals surface area contributed by atoms with Gasteiger partial charge in [-0.1, -0.05) is 5.11 Å². The van der Waals surface area contributed by atoms with Crippen molar-refractivity contribution in [2.24, 2.45) is 5.11 Å². The third kappa shape index (κ3) is 3.35. The van der Waals surface area contributed by atoms with Crippen LogP contribution in [0.15, 0.2) is 5.11 Å². The van der Waals surface area contributed by atoms with Gasteiger partial charge in [-0.25, -0.2) is 0 Å². The fourth-order valence-electron chi connectivity index (χ4n) is 1.59. The summed E-state index contributed by atoms with van der Waals surface area (Å²) in [4.78, 5) is 13.4. The first-order valence-corrected chi connectivity index (χ1v) is 4.84. The number of hydrogen-bond donors (Lipinski definition) is 3. The smallest absolute Gasteiger partial charge is 0.217 e. The molecule has 1 amide bonds. The summed E-state index contributed by atoms with van der Waals surface area (Å²) in [6, 6.07) is -0.847. The minimum Gasteiger partial charge on any atom is -0.391 e. The second-order valence-corrected chi connectivity index (χ2v) is 3.59. The Balaban J connectivity index is 2.56. The average Bonchev–Trinajstić information content (AvgIpc) is 2.20. The van der Waals surface area contributed by atoms with Crippen molar-refractivity contribution in [3.8, 4) is 0 Å². The number of aliphatic hydroxyl groups is 2. The van der Waals surface area contributed by atoms with Gasteiger partial charge in [-0.3, -0.25) is 4.79 Å². The summed E-state index contributed by atoms with van der Waals surface area (Å²) < 4.78 is 5.09.